The molecular formula is C13H17N5O. The van der Waals surface area contributed by atoms with Crippen molar-refractivity contribution in [2.75, 3.05) is 0 Å². The van der Waals surface area contributed by atoms with Crippen molar-refractivity contribution in [2.24, 2.45) is 0 Å². The van der Waals surface area contributed by atoms with E-state index in [1.54, 1.807) is 24.9 Å². The average molecular weight is 259 g/mol. The van der Waals surface area contributed by atoms with Crippen LogP contribution in [0.5, 0.6) is 0 Å². The first-order chi connectivity index (χ1) is 9.24. The number of urea groups is 1. The zero-order valence-electron chi connectivity index (χ0n) is 10.8. The molecule has 0 bridgehead atoms. The van der Waals surface area contributed by atoms with Crippen LogP contribution in [0.15, 0.2) is 43.2 Å². The number of rotatable bonds is 5. The Balaban J connectivity index is 1.72. The topological polar surface area (TPSA) is 71.8 Å². The van der Waals surface area contributed by atoms with Gasteiger partial charge in [-0.15, -0.1) is 0 Å². The van der Waals surface area contributed by atoms with Crippen molar-refractivity contribution in [3.8, 4) is 0 Å². The summed E-state index contributed by atoms with van der Waals surface area (Å²) in [5.74, 6) is 0. The van der Waals surface area contributed by atoms with E-state index in [-0.39, 0.29) is 12.1 Å². The fourth-order valence-electron chi connectivity index (χ4n) is 1.72. The molecule has 0 radical (unpaired) electrons. The molecule has 1 unspecified atom stereocenters. The summed E-state index contributed by atoms with van der Waals surface area (Å²) >= 11 is 0. The molecule has 2 amide bonds. The maximum absolute atomic E-state index is 11.7. The van der Waals surface area contributed by atoms with Gasteiger partial charge in [0, 0.05) is 43.9 Å². The largest absolute Gasteiger partial charge is 0.335 e. The van der Waals surface area contributed by atoms with Gasteiger partial charge in [-0.2, -0.15) is 0 Å². The van der Waals surface area contributed by atoms with Crippen molar-refractivity contribution in [3.63, 3.8) is 0 Å². The molecule has 0 aliphatic rings. The summed E-state index contributed by atoms with van der Waals surface area (Å²) in [7, 11) is 0. The van der Waals surface area contributed by atoms with Gasteiger partial charge in [0.1, 0.15) is 0 Å². The van der Waals surface area contributed by atoms with Gasteiger partial charge in [0.2, 0.25) is 0 Å². The Kier molecular flexibility index (Phi) is 4.49. The molecule has 0 aromatic carbocycles. The van der Waals surface area contributed by atoms with Crippen LogP contribution in [-0.2, 0) is 13.1 Å². The Bertz CT molecular complexity index is 497. The van der Waals surface area contributed by atoms with Crippen molar-refractivity contribution in [2.45, 2.75) is 26.1 Å². The summed E-state index contributed by atoms with van der Waals surface area (Å²) in [6.45, 7) is 3.11. The van der Waals surface area contributed by atoms with Crippen molar-refractivity contribution >= 4 is 6.03 Å². The molecule has 0 saturated carbocycles. The van der Waals surface area contributed by atoms with E-state index in [0.717, 1.165) is 5.56 Å². The van der Waals surface area contributed by atoms with E-state index in [1.807, 2.05) is 29.8 Å². The van der Waals surface area contributed by atoms with Crippen LogP contribution in [0.3, 0.4) is 0 Å². The standard InChI is InChI=1S/C13H17N5O/c1-11(9-18-6-5-15-10-18)17-13(19)16-8-12-3-2-4-14-7-12/h2-7,10-11H,8-9H2,1H3,(H2,16,17,19). The van der Waals surface area contributed by atoms with Gasteiger partial charge in [0.25, 0.3) is 0 Å². The number of carbonyl (C=O) groups excluding carboxylic acids is 1. The smallest absolute Gasteiger partial charge is 0.315 e. The summed E-state index contributed by atoms with van der Waals surface area (Å²) in [5.41, 5.74) is 0.972. The van der Waals surface area contributed by atoms with E-state index in [4.69, 9.17) is 0 Å². The predicted molar refractivity (Wildman–Crippen MR) is 71.3 cm³/mol. The highest BCUT2D eigenvalue weighted by Crippen LogP contribution is 1.95. The number of amides is 2. The molecule has 6 heteroatoms. The Labute approximate surface area is 111 Å². The minimum Gasteiger partial charge on any atom is -0.335 e. The lowest BCUT2D eigenvalue weighted by molar-refractivity contribution is 0.236. The molecule has 0 spiro atoms. The molecule has 2 heterocycles. The van der Waals surface area contributed by atoms with Crippen LogP contribution in [0.4, 0.5) is 4.79 Å². The predicted octanol–water partition coefficient (Wildman–Crippen LogP) is 1.17. The lowest BCUT2D eigenvalue weighted by Gasteiger charge is -2.15. The quantitative estimate of drug-likeness (QED) is 0.846. The summed E-state index contributed by atoms with van der Waals surface area (Å²) in [6, 6.07) is 3.61. The lowest BCUT2D eigenvalue weighted by atomic mass is 10.3. The van der Waals surface area contributed by atoms with E-state index in [0.29, 0.717) is 13.1 Å². The van der Waals surface area contributed by atoms with Gasteiger partial charge in [-0.05, 0) is 18.6 Å². The Morgan fingerprint density at radius 1 is 1.42 bits per heavy atom. The van der Waals surface area contributed by atoms with Crippen molar-refractivity contribution in [3.05, 3.63) is 48.8 Å². The van der Waals surface area contributed by atoms with Crippen LogP contribution in [0, 0.1) is 0 Å². The summed E-state index contributed by atoms with van der Waals surface area (Å²) in [5, 5.41) is 5.66. The molecule has 0 fully saturated rings. The van der Waals surface area contributed by atoms with E-state index < -0.39 is 0 Å². The van der Waals surface area contributed by atoms with Gasteiger partial charge in [0.05, 0.1) is 6.33 Å². The first kappa shape index (κ1) is 13.1. The second kappa shape index (κ2) is 6.53. The van der Waals surface area contributed by atoms with Crippen molar-refractivity contribution < 1.29 is 4.79 Å². The number of nitrogens with zero attached hydrogens (tertiary/aromatic N) is 3. The third-order valence-corrected chi connectivity index (χ3v) is 2.60. The molecule has 0 aliphatic carbocycles. The summed E-state index contributed by atoms with van der Waals surface area (Å²) < 4.78 is 1.92. The van der Waals surface area contributed by atoms with Crippen molar-refractivity contribution in [1.29, 1.82) is 0 Å². The van der Waals surface area contributed by atoms with Crippen LogP contribution in [0.25, 0.3) is 0 Å². The molecule has 100 valence electrons. The van der Waals surface area contributed by atoms with E-state index in [1.165, 1.54) is 0 Å². The second-order valence-electron chi connectivity index (χ2n) is 4.35. The number of imidazole rings is 1. The van der Waals surface area contributed by atoms with Crippen LogP contribution in [0.2, 0.25) is 0 Å². The molecule has 2 aromatic heterocycles. The fourth-order valence-corrected chi connectivity index (χ4v) is 1.72. The third kappa shape index (κ3) is 4.42. The average Bonchev–Trinajstić information content (AvgIpc) is 2.90. The minimum absolute atomic E-state index is 0.0306. The molecule has 2 aromatic rings. The molecule has 6 nitrogen and oxygen atoms in total. The van der Waals surface area contributed by atoms with Crippen LogP contribution in [-0.4, -0.2) is 26.6 Å². The number of carbonyl (C=O) groups is 1. The maximum Gasteiger partial charge on any atom is 0.315 e. The third-order valence-electron chi connectivity index (χ3n) is 2.60. The van der Waals surface area contributed by atoms with Gasteiger partial charge in [-0.3, -0.25) is 4.98 Å². The monoisotopic (exact) mass is 259 g/mol. The molecule has 19 heavy (non-hydrogen) atoms. The van der Waals surface area contributed by atoms with Gasteiger partial charge >= 0.3 is 6.03 Å². The van der Waals surface area contributed by atoms with Crippen LogP contribution in [0.1, 0.15) is 12.5 Å². The van der Waals surface area contributed by atoms with E-state index in [2.05, 4.69) is 20.6 Å². The Hall–Kier alpha value is -2.37. The van der Waals surface area contributed by atoms with Gasteiger partial charge in [-0.25, -0.2) is 9.78 Å². The SMILES string of the molecule is CC(Cn1ccnc1)NC(=O)NCc1cccnc1. The molecule has 1 atom stereocenters. The van der Waals surface area contributed by atoms with Crippen LogP contribution < -0.4 is 10.6 Å². The molecule has 2 rings (SSSR count). The number of hydrogen-bond acceptors (Lipinski definition) is 3. The number of hydrogen-bond donors (Lipinski definition) is 2. The maximum atomic E-state index is 11.7. The minimum atomic E-state index is -0.184. The molecular weight excluding hydrogens is 242 g/mol. The summed E-state index contributed by atoms with van der Waals surface area (Å²) in [4.78, 5) is 19.6. The fraction of sp³-hybridized carbons (Fsp3) is 0.308. The highest BCUT2D eigenvalue weighted by molar-refractivity contribution is 5.74. The highest BCUT2D eigenvalue weighted by Gasteiger charge is 2.07. The van der Waals surface area contributed by atoms with Gasteiger partial charge in [0.15, 0.2) is 0 Å². The Morgan fingerprint density at radius 3 is 3.00 bits per heavy atom. The van der Waals surface area contributed by atoms with Gasteiger partial charge in [-0.1, -0.05) is 6.07 Å². The first-order valence-electron chi connectivity index (χ1n) is 6.13. The van der Waals surface area contributed by atoms with Crippen LogP contribution >= 0.6 is 0 Å². The lowest BCUT2D eigenvalue weighted by Crippen LogP contribution is -2.42. The zero-order valence-corrected chi connectivity index (χ0v) is 10.8. The molecule has 2 N–H and O–H groups in total. The Morgan fingerprint density at radius 2 is 2.32 bits per heavy atom. The number of aromatic nitrogens is 3. The van der Waals surface area contributed by atoms with E-state index >= 15 is 0 Å². The van der Waals surface area contributed by atoms with E-state index in [9.17, 15) is 4.79 Å². The number of pyridine rings is 1. The highest BCUT2D eigenvalue weighted by atomic mass is 16.2. The summed E-state index contributed by atoms with van der Waals surface area (Å²) in [6.07, 6.45) is 8.75. The second-order valence-corrected chi connectivity index (χ2v) is 4.35. The molecule has 0 saturated heterocycles. The number of nitrogens with one attached hydrogen (secondary N) is 2. The zero-order chi connectivity index (χ0) is 13.5. The van der Waals surface area contributed by atoms with Gasteiger partial charge < -0.3 is 15.2 Å². The van der Waals surface area contributed by atoms with Crippen molar-refractivity contribution in [1.82, 2.24) is 25.2 Å². The molecule has 0 aliphatic heterocycles. The first-order valence-corrected chi connectivity index (χ1v) is 6.13. The normalized spacial score (nSPS) is 11.8.